The van der Waals surface area contributed by atoms with Gasteiger partial charge in [-0.25, -0.2) is 4.79 Å². The molecule has 2 aromatic carbocycles. The van der Waals surface area contributed by atoms with Crippen LogP contribution in [-0.2, 0) is 4.74 Å². The zero-order chi connectivity index (χ0) is 35.0. The van der Waals surface area contributed by atoms with E-state index in [0.29, 0.717) is 42.1 Å². The lowest BCUT2D eigenvalue weighted by Gasteiger charge is -2.34. The molecule has 4 rings (SSSR count). The number of piperidine rings is 1. The molecule has 0 saturated carbocycles. The van der Waals surface area contributed by atoms with Crippen LogP contribution in [0.5, 0.6) is 11.5 Å². The van der Waals surface area contributed by atoms with Crippen LogP contribution >= 0.6 is 11.6 Å². The standard InChI is InChI=1S/C40H52ClNO7/c1-3-4-5-6-7-8-9-10-11-12-13-14-15-16-17-20-25-47-40(46)49-36-27-33(44)38-32(43)26-35(29-21-18-19-22-31(29)41)48-39(38)37(36)30-23-24-42(2)28-34(30)45/h7-8,10-11,18-19,21-22,26-27,30,34,44-45H,3-6,9,12-17,20,23-25,28H2,1-2H3/b8-7-,11-10-. The van der Waals surface area contributed by atoms with Crippen molar-refractivity contribution < 1.29 is 28.9 Å². The van der Waals surface area contributed by atoms with Crippen molar-refractivity contribution in [1.29, 1.82) is 0 Å². The number of carbonyl (C=O) groups is 1. The molecule has 0 amide bonds. The Bertz CT molecular complexity index is 1610. The molecule has 1 aromatic heterocycles. The number of rotatable bonds is 18. The number of hydrogen-bond acceptors (Lipinski definition) is 8. The van der Waals surface area contributed by atoms with Crippen molar-refractivity contribution in [2.45, 2.75) is 102 Å². The molecular formula is C40H52ClNO7. The lowest BCUT2D eigenvalue weighted by molar-refractivity contribution is 0.0616. The Balaban J connectivity index is 1.32. The van der Waals surface area contributed by atoms with Crippen molar-refractivity contribution in [3.63, 3.8) is 0 Å². The van der Waals surface area contributed by atoms with E-state index in [-0.39, 0.29) is 29.1 Å². The summed E-state index contributed by atoms with van der Waals surface area (Å²) >= 11 is 6.42. The molecule has 2 atom stereocenters. The van der Waals surface area contributed by atoms with Crippen LogP contribution in [0.15, 0.2) is 69.9 Å². The molecule has 2 heterocycles. The van der Waals surface area contributed by atoms with Gasteiger partial charge in [-0.2, -0.15) is 0 Å². The summed E-state index contributed by atoms with van der Waals surface area (Å²) < 4.78 is 17.3. The number of ether oxygens (including phenoxy) is 2. The zero-order valence-corrected chi connectivity index (χ0v) is 29.8. The Morgan fingerprint density at radius 1 is 1.00 bits per heavy atom. The van der Waals surface area contributed by atoms with Gasteiger partial charge in [0.1, 0.15) is 28.2 Å². The number of phenols is 1. The van der Waals surface area contributed by atoms with Crippen LogP contribution in [-0.4, -0.2) is 54.1 Å². The lowest BCUT2D eigenvalue weighted by atomic mass is 9.85. The van der Waals surface area contributed by atoms with E-state index >= 15 is 0 Å². The van der Waals surface area contributed by atoms with Crippen LogP contribution in [0.3, 0.4) is 0 Å². The molecule has 0 bridgehead atoms. The van der Waals surface area contributed by atoms with Crippen molar-refractivity contribution in [2.24, 2.45) is 0 Å². The van der Waals surface area contributed by atoms with Gasteiger partial charge in [0, 0.05) is 35.7 Å². The highest BCUT2D eigenvalue weighted by molar-refractivity contribution is 6.33. The molecule has 2 N–H and O–H groups in total. The maximum absolute atomic E-state index is 13.3. The minimum Gasteiger partial charge on any atom is -0.507 e. The van der Waals surface area contributed by atoms with Gasteiger partial charge >= 0.3 is 6.16 Å². The Morgan fingerprint density at radius 2 is 1.69 bits per heavy atom. The first-order valence-corrected chi connectivity index (χ1v) is 18.3. The van der Waals surface area contributed by atoms with Crippen molar-refractivity contribution in [1.82, 2.24) is 4.90 Å². The second kappa shape index (κ2) is 20.2. The molecule has 2 unspecified atom stereocenters. The Labute approximate surface area is 295 Å². The maximum atomic E-state index is 13.3. The molecule has 3 aromatic rings. The number of aromatic hydroxyl groups is 1. The van der Waals surface area contributed by atoms with Crippen molar-refractivity contribution in [3.05, 3.63) is 81.5 Å². The van der Waals surface area contributed by atoms with Crippen molar-refractivity contribution in [3.8, 4) is 22.8 Å². The molecular weight excluding hydrogens is 642 g/mol. The highest BCUT2D eigenvalue weighted by atomic mass is 35.5. The number of fused-ring (bicyclic) bond motifs is 1. The normalized spacial score (nSPS) is 17.0. The summed E-state index contributed by atoms with van der Waals surface area (Å²) in [5.41, 5.74) is 0.398. The van der Waals surface area contributed by atoms with Gasteiger partial charge in [-0.1, -0.05) is 93.5 Å². The first-order valence-electron chi connectivity index (χ1n) is 17.9. The molecule has 0 radical (unpaired) electrons. The fourth-order valence-electron chi connectivity index (χ4n) is 6.33. The second-order valence-electron chi connectivity index (χ2n) is 13.0. The summed E-state index contributed by atoms with van der Waals surface area (Å²) in [5.74, 6) is -0.739. The van der Waals surface area contributed by atoms with Crippen molar-refractivity contribution >= 4 is 28.7 Å². The van der Waals surface area contributed by atoms with Crippen LogP contribution < -0.4 is 10.2 Å². The predicted octanol–water partition coefficient (Wildman–Crippen LogP) is 9.93. The summed E-state index contributed by atoms with van der Waals surface area (Å²) in [4.78, 5) is 28.2. The van der Waals surface area contributed by atoms with Gasteiger partial charge in [0.05, 0.1) is 17.7 Å². The third-order valence-electron chi connectivity index (χ3n) is 9.04. The zero-order valence-electron chi connectivity index (χ0n) is 29.0. The highest BCUT2D eigenvalue weighted by Gasteiger charge is 2.34. The van der Waals surface area contributed by atoms with Gasteiger partial charge in [0.15, 0.2) is 5.43 Å². The molecule has 8 nitrogen and oxygen atoms in total. The van der Waals surface area contributed by atoms with Crippen LogP contribution in [0.4, 0.5) is 4.79 Å². The monoisotopic (exact) mass is 693 g/mol. The number of allylic oxidation sites excluding steroid dienone is 4. The third kappa shape index (κ3) is 11.5. The van der Waals surface area contributed by atoms with Gasteiger partial charge < -0.3 is 29.0 Å². The number of likely N-dealkylation sites (tertiary alicyclic amines) is 1. The molecule has 0 aliphatic carbocycles. The summed E-state index contributed by atoms with van der Waals surface area (Å²) in [6, 6.07) is 9.46. The molecule has 1 fully saturated rings. The van der Waals surface area contributed by atoms with Crippen LogP contribution in [0.25, 0.3) is 22.3 Å². The summed E-state index contributed by atoms with van der Waals surface area (Å²) in [6.45, 7) is 3.46. The molecule has 266 valence electrons. The number of likely N-dealkylation sites (N-methyl/N-ethyl adjacent to an activating group) is 1. The van der Waals surface area contributed by atoms with E-state index in [2.05, 4.69) is 31.2 Å². The minimum absolute atomic E-state index is 0.0138. The van der Waals surface area contributed by atoms with Gasteiger partial charge in [0.25, 0.3) is 0 Å². The number of aliphatic hydroxyl groups is 1. The van der Waals surface area contributed by atoms with Gasteiger partial charge in [-0.15, -0.1) is 0 Å². The Hall–Kier alpha value is -3.59. The van der Waals surface area contributed by atoms with E-state index < -0.39 is 29.4 Å². The minimum atomic E-state index is -0.922. The molecule has 1 aliphatic rings. The largest absolute Gasteiger partial charge is 0.513 e. The van der Waals surface area contributed by atoms with Crippen LogP contribution in [0.1, 0.15) is 102 Å². The summed E-state index contributed by atoms with van der Waals surface area (Å²) in [5, 5.41) is 22.4. The fraction of sp³-hybridized carbons (Fsp3) is 0.500. The molecule has 1 aliphatic heterocycles. The number of benzene rings is 2. The number of hydrogen-bond donors (Lipinski definition) is 2. The molecule has 0 spiro atoms. The first-order chi connectivity index (χ1) is 23.8. The number of phenolic OH excluding ortho intramolecular Hbond substituents is 1. The van der Waals surface area contributed by atoms with E-state index in [4.69, 9.17) is 25.5 Å². The van der Waals surface area contributed by atoms with Crippen LogP contribution in [0, 0.1) is 0 Å². The third-order valence-corrected chi connectivity index (χ3v) is 9.36. The molecule has 9 heteroatoms. The topological polar surface area (TPSA) is 109 Å². The Kier molecular flexibility index (Phi) is 15.7. The summed E-state index contributed by atoms with van der Waals surface area (Å²) in [6.07, 6.45) is 21.2. The van der Waals surface area contributed by atoms with Crippen LogP contribution in [0.2, 0.25) is 5.02 Å². The molecule has 1 saturated heterocycles. The second-order valence-corrected chi connectivity index (χ2v) is 13.4. The quantitative estimate of drug-likeness (QED) is 0.0586. The average Bonchev–Trinajstić information content (AvgIpc) is 3.07. The SMILES string of the molecule is CCCCC/C=C\C/C=C\CCCCCCCCOC(=O)Oc1cc(O)c2c(=O)cc(-c3ccccc3Cl)oc2c1C1CCN(C)CC1O. The number of unbranched alkanes of at least 4 members (excludes halogenated alkanes) is 9. The Morgan fingerprint density at radius 3 is 2.41 bits per heavy atom. The van der Waals surface area contributed by atoms with E-state index in [9.17, 15) is 19.8 Å². The molecule has 49 heavy (non-hydrogen) atoms. The summed E-state index contributed by atoms with van der Waals surface area (Å²) in [7, 11) is 1.91. The highest BCUT2D eigenvalue weighted by Crippen LogP contribution is 2.43. The van der Waals surface area contributed by atoms with E-state index in [1.54, 1.807) is 24.3 Å². The lowest BCUT2D eigenvalue weighted by Crippen LogP contribution is -2.40. The smallest absolute Gasteiger partial charge is 0.507 e. The van der Waals surface area contributed by atoms with Gasteiger partial charge in [0.2, 0.25) is 0 Å². The van der Waals surface area contributed by atoms with Gasteiger partial charge in [-0.3, -0.25) is 4.79 Å². The van der Waals surface area contributed by atoms with Gasteiger partial charge in [-0.05, 0) is 70.7 Å². The average molecular weight is 694 g/mol. The predicted molar refractivity (Wildman–Crippen MR) is 197 cm³/mol. The van der Waals surface area contributed by atoms with E-state index in [1.165, 1.54) is 50.7 Å². The number of nitrogens with zero attached hydrogens (tertiary/aromatic N) is 1. The fourth-order valence-corrected chi connectivity index (χ4v) is 6.56. The number of β-amino-alcohol motifs (C(OH)–C–C–N with tert-alkyl or cyclic N) is 1. The number of carbonyl (C=O) groups excluding carboxylic acids is 1. The van der Waals surface area contributed by atoms with E-state index in [0.717, 1.165) is 32.1 Å². The van der Waals surface area contributed by atoms with Crippen molar-refractivity contribution in [2.75, 3.05) is 26.7 Å². The number of aliphatic hydroxyl groups excluding tert-OH is 1. The maximum Gasteiger partial charge on any atom is 0.513 e. The number of halogens is 1. The first kappa shape index (κ1) is 38.2. The van der Waals surface area contributed by atoms with E-state index in [1.807, 2.05) is 11.9 Å².